The fourth-order valence-electron chi connectivity index (χ4n) is 5.27. The molecule has 0 aromatic carbocycles. The minimum absolute atomic E-state index is 0.141. The second kappa shape index (κ2) is 22.2. The quantitative estimate of drug-likeness (QED) is 0.0509. The van der Waals surface area contributed by atoms with Crippen molar-refractivity contribution in [1.29, 1.82) is 0 Å². The van der Waals surface area contributed by atoms with E-state index in [2.05, 4.69) is 10.6 Å². The molecule has 0 aromatic rings. The lowest BCUT2D eigenvalue weighted by Crippen LogP contribution is -2.60. The topological polar surface area (TPSA) is 211 Å². The SMILES string of the molecule is CC[C@@H](O)[C@@H](O)[C@H](CO[C@H]1OC(CO)[C@H](O)[C@H](O)C1O)NC(=O)CCCCCCCCCCCNC(=O)CCCCC1CO1. The molecule has 0 aliphatic carbocycles. The van der Waals surface area contributed by atoms with Crippen LogP contribution in [0, 0.1) is 0 Å². The number of aliphatic hydroxyl groups excluding tert-OH is 6. The van der Waals surface area contributed by atoms with Crippen LogP contribution in [0.3, 0.4) is 0 Å². The Balaban J connectivity index is 1.53. The van der Waals surface area contributed by atoms with Gasteiger partial charge in [0.25, 0.3) is 0 Å². The van der Waals surface area contributed by atoms with Gasteiger partial charge in [0.05, 0.1) is 38.1 Å². The third-order valence-electron chi connectivity index (χ3n) is 8.34. The molecule has 0 radical (unpaired) electrons. The zero-order chi connectivity index (χ0) is 32.3. The molecule has 0 saturated carbocycles. The highest BCUT2D eigenvalue weighted by molar-refractivity contribution is 5.76. The van der Waals surface area contributed by atoms with E-state index < -0.39 is 55.6 Å². The zero-order valence-electron chi connectivity index (χ0n) is 26.4. The number of carbonyl (C=O) groups excluding carboxylic acids is 2. The van der Waals surface area contributed by atoms with E-state index in [9.17, 15) is 40.2 Å². The van der Waals surface area contributed by atoms with E-state index in [1.807, 2.05) is 0 Å². The third kappa shape index (κ3) is 15.2. The summed E-state index contributed by atoms with van der Waals surface area (Å²) in [5.74, 6) is -0.170. The second-order valence-corrected chi connectivity index (χ2v) is 12.2. The summed E-state index contributed by atoms with van der Waals surface area (Å²) in [5, 5.41) is 65.8. The Kier molecular flexibility index (Phi) is 19.5. The van der Waals surface area contributed by atoms with E-state index in [0.29, 0.717) is 18.9 Å². The molecule has 2 fully saturated rings. The Bertz CT molecular complexity index is 786. The Hall–Kier alpha value is -1.42. The lowest BCUT2D eigenvalue weighted by molar-refractivity contribution is -0.303. The highest BCUT2D eigenvalue weighted by Gasteiger charge is 2.44. The summed E-state index contributed by atoms with van der Waals surface area (Å²) in [6, 6.07) is -1.01. The molecule has 0 aromatic heterocycles. The van der Waals surface area contributed by atoms with Crippen molar-refractivity contribution >= 4 is 11.8 Å². The van der Waals surface area contributed by atoms with Crippen LogP contribution in [0.4, 0.5) is 0 Å². The summed E-state index contributed by atoms with van der Waals surface area (Å²) in [7, 11) is 0. The van der Waals surface area contributed by atoms with Gasteiger partial charge < -0.3 is 55.5 Å². The Morgan fingerprint density at radius 2 is 1.43 bits per heavy atom. The van der Waals surface area contributed by atoms with Gasteiger partial charge in [-0.1, -0.05) is 58.3 Å². The Morgan fingerprint density at radius 3 is 2.05 bits per heavy atom. The van der Waals surface area contributed by atoms with Gasteiger partial charge in [-0.3, -0.25) is 9.59 Å². The van der Waals surface area contributed by atoms with Crippen LogP contribution >= 0.6 is 0 Å². The van der Waals surface area contributed by atoms with Crippen LogP contribution in [-0.4, -0.2) is 124 Å². The number of epoxide rings is 1. The number of amides is 2. The second-order valence-electron chi connectivity index (χ2n) is 12.2. The lowest BCUT2D eigenvalue weighted by atomic mass is 9.99. The average Bonchev–Trinajstić information content (AvgIpc) is 3.85. The minimum Gasteiger partial charge on any atom is -0.394 e. The molecule has 9 atom stereocenters. The van der Waals surface area contributed by atoms with Crippen LogP contribution in [-0.2, 0) is 23.8 Å². The smallest absolute Gasteiger partial charge is 0.220 e. The molecule has 2 amide bonds. The molecule has 2 aliphatic heterocycles. The normalized spacial score (nSPS) is 27.0. The van der Waals surface area contributed by atoms with Crippen LogP contribution in [0.2, 0.25) is 0 Å². The highest BCUT2D eigenvalue weighted by Crippen LogP contribution is 2.22. The number of nitrogens with one attached hydrogen (secondary N) is 2. The van der Waals surface area contributed by atoms with Gasteiger partial charge in [-0.2, -0.15) is 0 Å². The summed E-state index contributed by atoms with van der Waals surface area (Å²) in [4.78, 5) is 24.4. The predicted octanol–water partition coefficient (Wildman–Crippen LogP) is 0.396. The van der Waals surface area contributed by atoms with Crippen LogP contribution in [0.15, 0.2) is 0 Å². The maximum atomic E-state index is 12.6. The largest absolute Gasteiger partial charge is 0.394 e. The van der Waals surface area contributed by atoms with Gasteiger partial charge >= 0.3 is 0 Å². The summed E-state index contributed by atoms with van der Waals surface area (Å²) < 4.78 is 16.0. The van der Waals surface area contributed by atoms with Crippen LogP contribution in [0.5, 0.6) is 0 Å². The van der Waals surface area contributed by atoms with Gasteiger partial charge in [-0.05, 0) is 32.1 Å². The number of carbonyl (C=O) groups is 2. The number of unbranched alkanes of at least 4 members (excludes halogenated alkanes) is 9. The Labute approximate surface area is 261 Å². The summed E-state index contributed by atoms with van der Waals surface area (Å²) >= 11 is 0. The molecular formula is C31H58N2O11. The molecule has 0 bridgehead atoms. The van der Waals surface area contributed by atoms with Crippen molar-refractivity contribution in [3.63, 3.8) is 0 Å². The zero-order valence-corrected chi connectivity index (χ0v) is 26.4. The molecule has 2 saturated heterocycles. The van der Waals surface area contributed by atoms with Gasteiger partial charge in [0.2, 0.25) is 11.8 Å². The van der Waals surface area contributed by atoms with Crippen molar-refractivity contribution in [3.05, 3.63) is 0 Å². The van der Waals surface area contributed by atoms with Gasteiger partial charge in [0, 0.05) is 19.4 Å². The molecule has 3 unspecified atom stereocenters. The molecule has 13 nitrogen and oxygen atoms in total. The molecule has 8 N–H and O–H groups in total. The predicted molar refractivity (Wildman–Crippen MR) is 161 cm³/mol. The van der Waals surface area contributed by atoms with Crippen molar-refractivity contribution in [3.8, 4) is 0 Å². The van der Waals surface area contributed by atoms with E-state index >= 15 is 0 Å². The molecule has 0 spiro atoms. The summed E-state index contributed by atoms with van der Waals surface area (Å²) in [5.41, 5.74) is 0. The van der Waals surface area contributed by atoms with E-state index in [0.717, 1.165) is 83.8 Å². The summed E-state index contributed by atoms with van der Waals surface area (Å²) in [6.07, 6.45) is 3.92. The minimum atomic E-state index is -1.61. The number of hydrogen-bond acceptors (Lipinski definition) is 11. The first-order valence-corrected chi connectivity index (χ1v) is 16.6. The third-order valence-corrected chi connectivity index (χ3v) is 8.34. The standard InChI is InChI=1S/C31H58N2O11/c1-2-23(35)27(38)22(20-43-31-30(41)29(40)28(39)24(18-34)44-31)33-26(37)16-10-8-6-4-3-5-7-9-13-17-32-25(36)15-12-11-14-21-19-42-21/h21-24,27-31,34-35,38-41H,2-20H2,1H3,(H,32,36)(H,33,37)/t21?,22-,23+,24?,27-,28-,29-,30?,31-/m0/s1. The molecule has 2 heterocycles. The van der Waals surface area contributed by atoms with E-state index in [4.69, 9.17) is 14.2 Å². The van der Waals surface area contributed by atoms with Gasteiger partial charge in [0.1, 0.15) is 30.5 Å². The lowest BCUT2D eigenvalue weighted by Gasteiger charge is -2.40. The first-order chi connectivity index (χ1) is 21.2. The fourth-order valence-corrected chi connectivity index (χ4v) is 5.27. The van der Waals surface area contributed by atoms with E-state index in [1.54, 1.807) is 6.92 Å². The van der Waals surface area contributed by atoms with Crippen molar-refractivity contribution < 1.29 is 54.4 Å². The van der Waals surface area contributed by atoms with Crippen LogP contribution < -0.4 is 10.6 Å². The van der Waals surface area contributed by atoms with E-state index in [1.165, 1.54) is 0 Å². The molecular weight excluding hydrogens is 576 g/mol. The van der Waals surface area contributed by atoms with Crippen molar-refractivity contribution in [2.24, 2.45) is 0 Å². The molecule has 2 aliphatic rings. The maximum Gasteiger partial charge on any atom is 0.220 e. The van der Waals surface area contributed by atoms with E-state index in [-0.39, 0.29) is 31.3 Å². The first kappa shape index (κ1) is 38.8. The van der Waals surface area contributed by atoms with Crippen molar-refractivity contribution in [2.45, 2.75) is 158 Å². The van der Waals surface area contributed by atoms with Crippen LogP contribution in [0.1, 0.15) is 103 Å². The number of rotatable bonds is 25. The number of aliphatic hydroxyl groups is 6. The monoisotopic (exact) mass is 634 g/mol. The van der Waals surface area contributed by atoms with Crippen molar-refractivity contribution in [1.82, 2.24) is 10.6 Å². The number of hydrogen-bond donors (Lipinski definition) is 8. The molecule has 44 heavy (non-hydrogen) atoms. The molecule has 2 rings (SSSR count). The molecule has 258 valence electrons. The van der Waals surface area contributed by atoms with Gasteiger partial charge in [0.15, 0.2) is 6.29 Å². The van der Waals surface area contributed by atoms with Crippen LogP contribution in [0.25, 0.3) is 0 Å². The molecule has 13 heteroatoms. The van der Waals surface area contributed by atoms with Gasteiger partial charge in [-0.25, -0.2) is 0 Å². The Morgan fingerprint density at radius 1 is 0.841 bits per heavy atom. The highest BCUT2D eigenvalue weighted by atomic mass is 16.7. The first-order valence-electron chi connectivity index (χ1n) is 16.6. The maximum absolute atomic E-state index is 12.6. The fraction of sp³-hybridized carbons (Fsp3) is 0.935. The number of ether oxygens (including phenoxy) is 3. The average molecular weight is 635 g/mol. The summed E-state index contributed by atoms with van der Waals surface area (Å²) in [6.45, 7) is 2.35. The van der Waals surface area contributed by atoms with Gasteiger partial charge in [-0.15, -0.1) is 0 Å². The van der Waals surface area contributed by atoms with Crippen molar-refractivity contribution in [2.75, 3.05) is 26.4 Å².